The number of aliphatic hydroxyl groups excluding tert-OH is 1. The molecule has 3 heteroatoms. The van der Waals surface area contributed by atoms with E-state index in [1.165, 1.54) is 0 Å². The second-order valence-corrected chi connectivity index (χ2v) is 3.41. The lowest BCUT2D eigenvalue weighted by molar-refractivity contribution is -0.167. The van der Waals surface area contributed by atoms with Crippen LogP contribution in [0.2, 0.25) is 0 Å². The molecule has 0 radical (unpaired) electrons. The molecule has 0 bridgehead atoms. The molecule has 1 N–H and O–H groups in total. The average molecular weight is 168 g/mol. The number of rotatable bonds is 0. The predicted octanol–water partition coefficient (Wildman–Crippen LogP) is 0.486. The van der Waals surface area contributed by atoms with Crippen molar-refractivity contribution in [3.8, 4) is 0 Å². The lowest BCUT2D eigenvalue weighted by atomic mass is 9.78. The Bertz CT molecular complexity index is 222. The van der Waals surface area contributed by atoms with Gasteiger partial charge in [0.25, 0.3) is 0 Å². The molecule has 0 aromatic heterocycles. The normalized spacial score (nSPS) is 40.4. The molecule has 2 aliphatic rings. The fraction of sp³-hybridized carbons (Fsp3) is 0.667. The van der Waals surface area contributed by atoms with Gasteiger partial charge in [-0.05, 0) is 12.8 Å². The number of hydrogen-bond donors (Lipinski definition) is 1. The number of allylic oxidation sites excluding steroid dienone is 2. The molecule has 0 amide bonds. The molecule has 1 unspecified atom stereocenters. The zero-order valence-electron chi connectivity index (χ0n) is 6.77. The van der Waals surface area contributed by atoms with Crippen LogP contribution in [-0.4, -0.2) is 23.8 Å². The zero-order chi connectivity index (χ0) is 8.55. The van der Waals surface area contributed by atoms with E-state index in [4.69, 9.17) is 4.74 Å². The highest BCUT2D eigenvalue weighted by atomic mass is 16.5. The van der Waals surface area contributed by atoms with E-state index in [1.54, 1.807) is 0 Å². The first kappa shape index (κ1) is 7.80. The molecule has 0 aromatic carbocycles. The van der Waals surface area contributed by atoms with Gasteiger partial charge in [-0.1, -0.05) is 12.2 Å². The molecule has 66 valence electrons. The number of carbonyl (C=O) groups is 1. The summed E-state index contributed by atoms with van der Waals surface area (Å²) < 4.78 is 4.84. The molecule has 1 saturated heterocycles. The minimum absolute atomic E-state index is 0.0937. The fourth-order valence-corrected chi connectivity index (χ4v) is 1.93. The summed E-state index contributed by atoms with van der Waals surface area (Å²) in [4.78, 5) is 11.2. The zero-order valence-corrected chi connectivity index (χ0v) is 6.77. The first-order valence-electron chi connectivity index (χ1n) is 4.29. The maximum absolute atomic E-state index is 11.2. The van der Waals surface area contributed by atoms with E-state index in [9.17, 15) is 9.90 Å². The Morgan fingerprint density at radius 1 is 1.42 bits per heavy atom. The van der Waals surface area contributed by atoms with Crippen LogP contribution in [0.4, 0.5) is 0 Å². The smallest absolute Gasteiger partial charge is 0.309 e. The Kier molecular flexibility index (Phi) is 1.89. The number of aliphatic hydroxyl groups is 1. The molecule has 12 heavy (non-hydrogen) atoms. The van der Waals surface area contributed by atoms with E-state index in [0.717, 1.165) is 12.8 Å². The van der Waals surface area contributed by atoms with E-state index in [2.05, 4.69) is 0 Å². The Labute approximate surface area is 71.0 Å². The summed E-state index contributed by atoms with van der Waals surface area (Å²) >= 11 is 0. The summed E-state index contributed by atoms with van der Waals surface area (Å²) in [5, 5.41) is 9.51. The molecule has 2 rings (SSSR count). The van der Waals surface area contributed by atoms with Crippen LogP contribution in [0, 0.1) is 11.8 Å². The van der Waals surface area contributed by atoms with Crippen molar-refractivity contribution in [3.63, 3.8) is 0 Å². The first-order valence-corrected chi connectivity index (χ1v) is 4.29. The number of fused-ring (bicyclic) bond motifs is 1. The molecule has 1 heterocycles. The molecule has 0 saturated carbocycles. The van der Waals surface area contributed by atoms with Crippen molar-refractivity contribution in [3.05, 3.63) is 12.2 Å². The fourth-order valence-electron chi connectivity index (χ4n) is 1.93. The average Bonchev–Trinajstić information content (AvgIpc) is 2.12. The third-order valence-electron chi connectivity index (χ3n) is 2.68. The highest BCUT2D eigenvalue weighted by Gasteiger charge is 2.39. The number of esters is 1. The third-order valence-corrected chi connectivity index (χ3v) is 2.68. The first-order chi connectivity index (χ1) is 5.79. The maximum atomic E-state index is 11.2. The molecule has 1 aliphatic carbocycles. The van der Waals surface area contributed by atoms with E-state index in [0.29, 0.717) is 0 Å². The van der Waals surface area contributed by atoms with Gasteiger partial charge in [0, 0.05) is 5.92 Å². The van der Waals surface area contributed by atoms with Crippen LogP contribution in [0.3, 0.4) is 0 Å². The van der Waals surface area contributed by atoms with Gasteiger partial charge < -0.3 is 9.84 Å². The van der Waals surface area contributed by atoms with Gasteiger partial charge in [0.05, 0.1) is 12.0 Å². The van der Waals surface area contributed by atoms with Crippen LogP contribution in [0.25, 0.3) is 0 Å². The highest BCUT2D eigenvalue weighted by Crippen LogP contribution is 2.32. The lowest BCUT2D eigenvalue weighted by Gasteiger charge is -2.34. The van der Waals surface area contributed by atoms with Gasteiger partial charge in [0.15, 0.2) is 0 Å². The van der Waals surface area contributed by atoms with E-state index in [-0.39, 0.29) is 24.4 Å². The Balaban J connectivity index is 2.17. The quantitative estimate of drug-likeness (QED) is 0.423. The van der Waals surface area contributed by atoms with Crippen molar-refractivity contribution < 1.29 is 14.6 Å². The molecule has 0 spiro atoms. The van der Waals surface area contributed by atoms with Gasteiger partial charge in [-0.3, -0.25) is 4.79 Å². The Morgan fingerprint density at radius 3 is 2.92 bits per heavy atom. The lowest BCUT2D eigenvalue weighted by Crippen LogP contribution is -2.43. The maximum Gasteiger partial charge on any atom is 0.309 e. The molecule has 3 atom stereocenters. The predicted molar refractivity (Wildman–Crippen MR) is 42.3 cm³/mol. The number of hydrogen-bond acceptors (Lipinski definition) is 3. The summed E-state index contributed by atoms with van der Waals surface area (Å²) in [6, 6.07) is 0. The monoisotopic (exact) mass is 168 g/mol. The van der Waals surface area contributed by atoms with E-state index in [1.807, 2.05) is 12.2 Å². The van der Waals surface area contributed by atoms with Gasteiger partial charge in [0.1, 0.15) is 6.61 Å². The van der Waals surface area contributed by atoms with Crippen LogP contribution >= 0.6 is 0 Å². The minimum Gasteiger partial charge on any atom is -0.463 e. The summed E-state index contributed by atoms with van der Waals surface area (Å²) in [5.74, 6) is -0.148. The Hall–Kier alpha value is -0.830. The second-order valence-electron chi connectivity index (χ2n) is 3.41. The largest absolute Gasteiger partial charge is 0.463 e. The van der Waals surface area contributed by atoms with Crippen LogP contribution in [0.1, 0.15) is 12.8 Å². The van der Waals surface area contributed by atoms with Gasteiger partial charge in [0.2, 0.25) is 0 Å². The van der Waals surface area contributed by atoms with Crippen molar-refractivity contribution in [1.82, 2.24) is 0 Å². The summed E-state index contributed by atoms with van der Waals surface area (Å²) in [7, 11) is 0. The van der Waals surface area contributed by atoms with Crippen molar-refractivity contribution in [2.45, 2.75) is 18.9 Å². The van der Waals surface area contributed by atoms with Crippen LogP contribution in [0.5, 0.6) is 0 Å². The van der Waals surface area contributed by atoms with Gasteiger partial charge in [-0.2, -0.15) is 0 Å². The van der Waals surface area contributed by atoms with Gasteiger partial charge in [-0.25, -0.2) is 0 Å². The third kappa shape index (κ3) is 1.14. The van der Waals surface area contributed by atoms with Gasteiger partial charge in [-0.15, -0.1) is 0 Å². The van der Waals surface area contributed by atoms with Crippen LogP contribution < -0.4 is 0 Å². The highest BCUT2D eigenvalue weighted by molar-refractivity contribution is 5.74. The van der Waals surface area contributed by atoms with Crippen LogP contribution in [-0.2, 0) is 9.53 Å². The van der Waals surface area contributed by atoms with Crippen LogP contribution in [0.15, 0.2) is 12.2 Å². The number of cyclic esters (lactones) is 1. The van der Waals surface area contributed by atoms with Gasteiger partial charge >= 0.3 is 5.97 Å². The molecular formula is C9H12O3. The van der Waals surface area contributed by atoms with Crippen molar-refractivity contribution >= 4 is 5.97 Å². The second kappa shape index (κ2) is 2.90. The Morgan fingerprint density at radius 2 is 2.17 bits per heavy atom. The van der Waals surface area contributed by atoms with E-state index >= 15 is 0 Å². The topological polar surface area (TPSA) is 46.5 Å². The van der Waals surface area contributed by atoms with E-state index < -0.39 is 6.10 Å². The van der Waals surface area contributed by atoms with Crippen molar-refractivity contribution in [2.24, 2.45) is 11.8 Å². The number of ether oxygens (including phenoxy) is 1. The molecular weight excluding hydrogens is 156 g/mol. The summed E-state index contributed by atoms with van der Waals surface area (Å²) in [6.45, 7) is 0.174. The SMILES string of the molecule is O=C1OCC(O)[C@H]2CC=CC[C@@H]12. The standard InChI is InChI=1S/C9H12O3/c10-8-5-12-9(11)7-4-2-1-3-6(7)8/h1-2,6-8,10H,3-5H2/t6-,7+,8?/m0/s1. The summed E-state index contributed by atoms with van der Waals surface area (Å²) in [5.41, 5.74) is 0. The molecule has 3 nitrogen and oxygen atoms in total. The molecule has 0 aromatic rings. The van der Waals surface area contributed by atoms with Crippen molar-refractivity contribution in [2.75, 3.05) is 6.61 Å². The molecule has 1 fully saturated rings. The minimum atomic E-state index is -0.461. The number of carbonyl (C=O) groups excluding carboxylic acids is 1. The molecule has 1 aliphatic heterocycles. The summed E-state index contributed by atoms with van der Waals surface area (Å²) in [6.07, 6.45) is 5.09. The van der Waals surface area contributed by atoms with Crippen molar-refractivity contribution in [1.29, 1.82) is 0 Å².